The molecule has 1 unspecified atom stereocenters. The lowest BCUT2D eigenvalue weighted by atomic mass is 9.83. The van der Waals surface area contributed by atoms with Crippen LogP contribution in [0, 0.1) is 0 Å². The van der Waals surface area contributed by atoms with Crippen LogP contribution in [-0.4, -0.2) is 36.5 Å². The van der Waals surface area contributed by atoms with Crippen molar-refractivity contribution in [3.63, 3.8) is 0 Å². The predicted octanol–water partition coefficient (Wildman–Crippen LogP) is 2.69. The van der Waals surface area contributed by atoms with Crippen LogP contribution < -0.4 is 16.0 Å². The Bertz CT molecular complexity index is 929. The Balaban J connectivity index is 1.86. The summed E-state index contributed by atoms with van der Waals surface area (Å²) < 4.78 is 0. The van der Waals surface area contributed by atoms with Crippen LogP contribution >= 0.6 is 0 Å². The minimum Gasteiger partial charge on any atom is -0.378 e. The summed E-state index contributed by atoms with van der Waals surface area (Å²) in [5, 5.41) is 3.48. The number of nitrogens with zero attached hydrogens (tertiary/aromatic N) is 3. The summed E-state index contributed by atoms with van der Waals surface area (Å²) in [6, 6.07) is 15.9. The van der Waals surface area contributed by atoms with Gasteiger partial charge in [0.05, 0.1) is 0 Å². The van der Waals surface area contributed by atoms with Gasteiger partial charge >= 0.3 is 0 Å². The van der Waals surface area contributed by atoms with Crippen molar-refractivity contribution in [3.05, 3.63) is 90.0 Å². The molecule has 1 atom stereocenters. The number of hydrogen-bond acceptors (Lipinski definition) is 5. The van der Waals surface area contributed by atoms with Gasteiger partial charge in [-0.25, -0.2) is 0 Å². The molecule has 156 valence electrons. The van der Waals surface area contributed by atoms with Gasteiger partial charge in [-0.1, -0.05) is 18.2 Å². The number of carbonyl (C=O) groups excluding carboxylic acids is 1. The Kier molecular flexibility index (Phi) is 7.14. The molecular weight excluding hydrogens is 374 g/mol. The number of aromatic nitrogens is 2. The Morgan fingerprint density at radius 2 is 1.70 bits per heavy atom. The molecule has 6 nitrogen and oxygen atoms in total. The Labute approximate surface area is 178 Å². The van der Waals surface area contributed by atoms with Crippen LogP contribution in [0.2, 0.25) is 0 Å². The molecule has 30 heavy (non-hydrogen) atoms. The van der Waals surface area contributed by atoms with E-state index in [2.05, 4.69) is 15.3 Å². The van der Waals surface area contributed by atoms with E-state index < -0.39 is 5.54 Å². The third-order valence-corrected chi connectivity index (χ3v) is 5.40. The van der Waals surface area contributed by atoms with Crippen molar-refractivity contribution in [2.45, 2.75) is 24.8 Å². The van der Waals surface area contributed by atoms with Crippen LogP contribution in [-0.2, 0) is 23.2 Å². The number of hydrogen-bond donors (Lipinski definition) is 2. The zero-order valence-electron chi connectivity index (χ0n) is 17.6. The summed E-state index contributed by atoms with van der Waals surface area (Å²) in [4.78, 5) is 23.1. The summed E-state index contributed by atoms with van der Waals surface area (Å²) in [5.41, 5.74) is 9.22. The Hall–Kier alpha value is -3.25. The second kappa shape index (κ2) is 9.98. The number of carbonyl (C=O) groups is 1. The number of nitrogens with two attached hydrogens (primary N) is 1. The highest BCUT2D eigenvalue weighted by molar-refractivity contribution is 5.86. The molecule has 0 saturated carbocycles. The first kappa shape index (κ1) is 21.5. The zero-order valence-corrected chi connectivity index (χ0v) is 17.6. The maximum absolute atomic E-state index is 12.8. The number of aryl methyl sites for hydroxylation is 1. The minimum atomic E-state index is -0.962. The summed E-state index contributed by atoms with van der Waals surface area (Å²) >= 11 is 0. The van der Waals surface area contributed by atoms with Gasteiger partial charge in [-0.2, -0.15) is 0 Å². The number of nitrogens with one attached hydrogen (secondary N) is 1. The summed E-state index contributed by atoms with van der Waals surface area (Å²) in [6.07, 6.45) is 9.16. The highest BCUT2D eigenvalue weighted by Crippen LogP contribution is 2.29. The van der Waals surface area contributed by atoms with Crippen LogP contribution in [0.3, 0.4) is 0 Å². The molecule has 6 heteroatoms. The standard InChI is InChI=1S/C24H29N5O/c1-29(2)22-7-5-21(6-8-22)24(23(25)30,13-9-19-10-15-26-16-11-19)28-17-12-20-4-3-14-27-18-20/h3-8,10-11,14-16,18,28H,9,12-13,17H2,1-2H3,(H2,25,30). The molecule has 3 N–H and O–H groups in total. The molecule has 0 aliphatic rings. The molecule has 1 aromatic carbocycles. The van der Waals surface area contributed by atoms with Crippen LogP contribution in [0.1, 0.15) is 23.1 Å². The third kappa shape index (κ3) is 5.21. The Morgan fingerprint density at radius 3 is 2.30 bits per heavy atom. The van der Waals surface area contributed by atoms with Gasteiger partial charge in [0.15, 0.2) is 0 Å². The average molecular weight is 404 g/mol. The van der Waals surface area contributed by atoms with Crippen molar-refractivity contribution < 1.29 is 4.79 Å². The van der Waals surface area contributed by atoms with Gasteiger partial charge in [0.1, 0.15) is 5.54 Å². The van der Waals surface area contributed by atoms with E-state index >= 15 is 0 Å². The van der Waals surface area contributed by atoms with Crippen molar-refractivity contribution in [3.8, 4) is 0 Å². The number of rotatable bonds is 10. The van der Waals surface area contributed by atoms with Crippen molar-refractivity contribution in [1.82, 2.24) is 15.3 Å². The molecule has 2 heterocycles. The number of pyridine rings is 2. The van der Waals surface area contributed by atoms with E-state index in [-0.39, 0.29) is 5.91 Å². The molecule has 3 rings (SSSR count). The molecule has 0 spiro atoms. The van der Waals surface area contributed by atoms with E-state index in [0.717, 1.165) is 28.8 Å². The fraction of sp³-hybridized carbons (Fsp3) is 0.292. The maximum atomic E-state index is 12.8. The minimum absolute atomic E-state index is 0.375. The smallest absolute Gasteiger partial charge is 0.242 e. The SMILES string of the molecule is CN(C)c1ccc(C(CCc2ccncc2)(NCCc2cccnc2)C(N)=O)cc1. The molecule has 3 aromatic rings. The van der Waals surface area contributed by atoms with Crippen molar-refractivity contribution in [2.75, 3.05) is 25.5 Å². The number of anilines is 1. The predicted molar refractivity (Wildman–Crippen MR) is 120 cm³/mol. The lowest BCUT2D eigenvalue weighted by Gasteiger charge is -2.33. The number of primary amides is 1. The molecule has 1 amide bonds. The second-order valence-corrected chi connectivity index (χ2v) is 7.60. The first-order valence-corrected chi connectivity index (χ1v) is 10.1. The number of amides is 1. The van der Waals surface area contributed by atoms with E-state index in [9.17, 15) is 4.79 Å². The van der Waals surface area contributed by atoms with Crippen molar-refractivity contribution in [2.24, 2.45) is 5.73 Å². The average Bonchev–Trinajstić information content (AvgIpc) is 2.77. The van der Waals surface area contributed by atoms with Crippen LogP contribution in [0.15, 0.2) is 73.3 Å². The van der Waals surface area contributed by atoms with Crippen LogP contribution in [0.25, 0.3) is 0 Å². The molecular formula is C24H29N5O. The first-order chi connectivity index (χ1) is 14.5. The highest BCUT2D eigenvalue weighted by atomic mass is 16.1. The van der Waals surface area contributed by atoms with E-state index in [1.54, 1.807) is 18.6 Å². The topological polar surface area (TPSA) is 84.1 Å². The lowest BCUT2D eigenvalue weighted by Crippen LogP contribution is -2.53. The molecule has 0 fully saturated rings. The quantitative estimate of drug-likeness (QED) is 0.544. The van der Waals surface area contributed by atoms with E-state index in [0.29, 0.717) is 19.4 Å². The van der Waals surface area contributed by atoms with Crippen LogP contribution in [0.4, 0.5) is 5.69 Å². The van der Waals surface area contributed by atoms with Gasteiger partial charge in [0.25, 0.3) is 0 Å². The molecule has 0 saturated heterocycles. The largest absolute Gasteiger partial charge is 0.378 e. The van der Waals surface area contributed by atoms with E-state index in [1.807, 2.05) is 73.7 Å². The highest BCUT2D eigenvalue weighted by Gasteiger charge is 2.37. The van der Waals surface area contributed by atoms with E-state index in [1.165, 1.54) is 0 Å². The van der Waals surface area contributed by atoms with Crippen molar-refractivity contribution >= 4 is 11.6 Å². The van der Waals surface area contributed by atoms with Crippen LogP contribution in [0.5, 0.6) is 0 Å². The number of benzene rings is 1. The molecule has 0 aliphatic heterocycles. The van der Waals surface area contributed by atoms with Gasteiger partial charge < -0.3 is 10.6 Å². The monoisotopic (exact) mass is 403 g/mol. The van der Waals surface area contributed by atoms with Gasteiger partial charge in [-0.15, -0.1) is 0 Å². The van der Waals surface area contributed by atoms with Gasteiger partial charge in [0.2, 0.25) is 5.91 Å². The summed E-state index contributed by atoms with van der Waals surface area (Å²) in [5.74, 6) is -0.375. The fourth-order valence-electron chi connectivity index (χ4n) is 3.58. The normalized spacial score (nSPS) is 12.9. The zero-order chi connectivity index (χ0) is 21.4. The second-order valence-electron chi connectivity index (χ2n) is 7.60. The van der Waals surface area contributed by atoms with Crippen molar-refractivity contribution in [1.29, 1.82) is 0 Å². The lowest BCUT2D eigenvalue weighted by molar-refractivity contribution is -0.125. The third-order valence-electron chi connectivity index (χ3n) is 5.40. The summed E-state index contributed by atoms with van der Waals surface area (Å²) in [7, 11) is 3.98. The molecule has 0 radical (unpaired) electrons. The van der Waals surface area contributed by atoms with Gasteiger partial charge in [-0.05, 0) is 66.3 Å². The maximum Gasteiger partial charge on any atom is 0.242 e. The van der Waals surface area contributed by atoms with Gasteiger partial charge in [0, 0.05) is 51.1 Å². The molecule has 0 aliphatic carbocycles. The fourth-order valence-corrected chi connectivity index (χ4v) is 3.58. The van der Waals surface area contributed by atoms with E-state index in [4.69, 9.17) is 5.73 Å². The summed E-state index contributed by atoms with van der Waals surface area (Å²) in [6.45, 7) is 0.612. The first-order valence-electron chi connectivity index (χ1n) is 10.1. The molecule has 2 aromatic heterocycles. The van der Waals surface area contributed by atoms with Gasteiger partial charge in [-0.3, -0.25) is 20.1 Å². The molecule has 0 bridgehead atoms. The Morgan fingerprint density at radius 1 is 0.967 bits per heavy atom.